The van der Waals surface area contributed by atoms with Crippen molar-refractivity contribution in [3.63, 3.8) is 0 Å². The topological polar surface area (TPSA) is 37.3 Å². The Balaban J connectivity index is 1.52. The van der Waals surface area contributed by atoms with Crippen LogP contribution in [-0.4, -0.2) is 27.7 Å². The molecule has 4 rings (SSSR count). The molecule has 2 aliphatic rings. The number of fused-ring (bicyclic) bond motifs is 4. The van der Waals surface area contributed by atoms with Gasteiger partial charge in [-0.3, -0.25) is 4.79 Å². The summed E-state index contributed by atoms with van der Waals surface area (Å²) in [5.41, 5.74) is 1.83. The van der Waals surface area contributed by atoms with E-state index >= 15 is 0 Å². The number of likely N-dealkylation sites (tertiary alicyclic amines) is 1. The maximum atomic E-state index is 13.3. The number of aromatic nitrogens is 1. The summed E-state index contributed by atoms with van der Waals surface area (Å²) in [6, 6.07) is 9.94. The first kappa shape index (κ1) is 16.5. The van der Waals surface area contributed by atoms with Crippen molar-refractivity contribution in [1.29, 1.82) is 0 Å². The van der Waals surface area contributed by atoms with Gasteiger partial charge in [0, 0.05) is 43.0 Å². The average molecular weight is 378 g/mol. The highest BCUT2D eigenvalue weighted by atomic mass is 35.5. The minimum absolute atomic E-state index is 0.0663. The second kappa shape index (κ2) is 6.42. The zero-order valence-corrected chi connectivity index (χ0v) is 15.0. The fraction of sp³-hybridized carbons (Fsp3) is 0.333. The summed E-state index contributed by atoms with van der Waals surface area (Å²) in [6.45, 7) is 2.30. The Morgan fingerprint density at radius 2 is 2.08 bits per heavy atom. The van der Waals surface area contributed by atoms with Crippen molar-refractivity contribution in [2.45, 2.75) is 18.9 Å². The summed E-state index contributed by atoms with van der Waals surface area (Å²) < 4.78 is 15.2. The first-order valence-electron chi connectivity index (χ1n) is 8.22. The van der Waals surface area contributed by atoms with Gasteiger partial charge in [0.05, 0.1) is 5.02 Å². The molecule has 4 nitrogen and oxygen atoms in total. The van der Waals surface area contributed by atoms with Gasteiger partial charge in [-0.1, -0.05) is 17.7 Å². The predicted octanol–water partition coefficient (Wildman–Crippen LogP) is 3.46. The molecule has 0 radical (unpaired) electrons. The summed E-state index contributed by atoms with van der Waals surface area (Å²) in [7, 11) is 0. The number of hydrogen-bond donors (Lipinski definition) is 1. The van der Waals surface area contributed by atoms with Crippen LogP contribution in [0.15, 0.2) is 41.2 Å². The number of piperidine rings is 1. The highest BCUT2D eigenvalue weighted by molar-refractivity contribution is 7.80. The maximum absolute atomic E-state index is 13.3. The van der Waals surface area contributed by atoms with Crippen LogP contribution >= 0.6 is 23.8 Å². The first-order valence-corrected chi connectivity index (χ1v) is 9.00. The summed E-state index contributed by atoms with van der Waals surface area (Å²) >= 11 is 11.4. The Morgan fingerprint density at radius 1 is 1.24 bits per heavy atom. The molecule has 2 atom stereocenters. The van der Waals surface area contributed by atoms with Crippen LogP contribution in [0, 0.1) is 11.7 Å². The molecule has 0 saturated carbocycles. The zero-order valence-electron chi connectivity index (χ0n) is 13.4. The highest BCUT2D eigenvalue weighted by Gasteiger charge is 2.35. The molecule has 2 aliphatic heterocycles. The number of nitrogens with zero attached hydrogens (tertiary/aromatic N) is 2. The van der Waals surface area contributed by atoms with E-state index in [9.17, 15) is 9.18 Å². The third-order valence-corrected chi connectivity index (χ3v) is 5.59. The molecule has 1 fully saturated rings. The molecule has 0 aliphatic carbocycles. The van der Waals surface area contributed by atoms with Crippen molar-refractivity contribution in [2.24, 2.45) is 5.92 Å². The second-order valence-electron chi connectivity index (χ2n) is 6.66. The third-order valence-electron chi connectivity index (χ3n) is 4.94. The molecule has 1 saturated heterocycles. The first-order chi connectivity index (χ1) is 12.0. The minimum Gasteiger partial charge on any atom is -0.348 e. The molecule has 3 heterocycles. The van der Waals surface area contributed by atoms with Crippen LogP contribution in [0.4, 0.5) is 10.1 Å². The molecule has 130 valence electrons. The molecule has 2 bridgehead atoms. The predicted molar refractivity (Wildman–Crippen MR) is 101 cm³/mol. The lowest BCUT2D eigenvalue weighted by atomic mass is 9.83. The van der Waals surface area contributed by atoms with Gasteiger partial charge in [0.25, 0.3) is 5.56 Å². The van der Waals surface area contributed by atoms with Crippen LogP contribution in [0.1, 0.15) is 18.0 Å². The monoisotopic (exact) mass is 377 g/mol. The number of anilines is 1. The Bertz CT molecular complexity index is 900. The number of thiocarbonyl (C=S) groups is 1. The number of benzene rings is 1. The lowest BCUT2D eigenvalue weighted by molar-refractivity contribution is 0.180. The fourth-order valence-corrected chi connectivity index (χ4v) is 4.29. The largest absolute Gasteiger partial charge is 0.348 e. The van der Waals surface area contributed by atoms with E-state index in [0.29, 0.717) is 16.7 Å². The van der Waals surface area contributed by atoms with Gasteiger partial charge < -0.3 is 14.8 Å². The molecule has 1 aromatic carbocycles. The van der Waals surface area contributed by atoms with E-state index < -0.39 is 5.82 Å². The van der Waals surface area contributed by atoms with Gasteiger partial charge in [0.1, 0.15) is 5.82 Å². The lowest BCUT2D eigenvalue weighted by Crippen LogP contribution is -2.50. The second-order valence-corrected chi connectivity index (χ2v) is 7.46. The number of pyridine rings is 1. The van der Waals surface area contributed by atoms with E-state index in [-0.39, 0.29) is 16.5 Å². The van der Waals surface area contributed by atoms with Gasteiger partial charge in [-0.25, -0.2) is 4.39 Å². The fourth-order valence-electron chi connectivity index (χ4n) is 3.84. The van der Waals surface area contributed by atoms with Crippen molar-refractivity contribution >= 4 is 34.6 Å². The van der Waals surface area contributed by atoms with Gasteiger partial charge in [0.15, 0.2) is 5.11 Å². The van der Waals surface area contributed by atoms with Crippen LogP contribution < -0.4 is 10.9 Å². The van der Waals surface area contributed by atoms with Crippen LogP contribution in [0.5, 0.6) is 0 Å². The molecular formula is C18H17ClFN3OS. The molecular weight excluding hydrogens is 361 g/mol. The van der Waals surface area contributed by atoms with E-state index in [1.807, 2.05) is 16.7 Å². The molecule has 2 aromatic rings. The Kier molecular flexibility index (Phi) is 4.25. The summed E-state index contributed by atoms with van der Waals surface area (Å²) in [5.74, 6) is 0.230. The van der Waals surface area contributed by atoms with Gasteiger partial charge in [-0.15, -0.1) is 0 Å². The van der Waals surface area contributed by atoms with Gasteiger partial charge in [0.2, 0.25) is 0 Å². The van der Waals surface area contributed by atoms with Crippen molar-refractivity contribution < 1.29 is 4.39 Å². The maximum Gasteiger partial charge on any atom is 0.250 e. The van der Waals surface area contributed by atoms with E-state index in [1.165, 1.54) is 12.1 Å². The Morgan fingerprint density at radius 3 is 2.88 bits per heavy atom. The highest BCUT2D eigenvalue weighted by Crippen LogP contribution is 2.35. The van der Waals surface area contributed by atoms with Crippen molar-refractivity contribution in [2.75, 3.05) is 18.4 Å². The van der Waals surface area contributed by atoms with Crippen LogP contribution in [-0.2, 0) is 6.54 Å². The molecule has 7 heteroatoms. The average Bonchev–Trinajstić information content (AvgIpc) is 2.59. The molecule has 0 spiro atoms. The quantitative estimate of drug-likeness (QED) is 0.772. The van der Waals surface area contributed by atoms with Crippen molar-refractivity contribution in [3.8, 4) is 0 Å². The zero-order chi connectivity index (χ0) is 17.6. The van der Waals surface area contributed by atoms with E-state index in [0.717, 1.165) is 31.7 Å². The van der Waals surface area contributed by atoms with Crippen LogP contribution in [0.25, 0.3) is 0 Å². The number of hydrogen-bond acceptors (Lipinski definition) is 2. The minimum atomic E-state index is -0.451. The SMILES string of the molecule is O=c1cccc2n1C[C@H]1C[C@H]2CN(C(=S)Nc2ccc(F)c(Cl)c2)C1. The third kappa shape index (κ3) is 3.16. The molecule has 25 heavy (non-hydrogen) atoms. The Hall–Kier alpha value is -1.92. The standard InChI is InChI=1S/C18H17ClFN3OS/c19-14-7-13(4-5-15(14)20)21-18(25)22-8-11-6-12(10-22)16-2-1-3-17(24)23(16)9-11/h1-5,7,11-12H,6,8-10H2,(H,21,25)/t11-,12-/m0/s1. The van der Waals surface area contributed by atoms with E-state index in [1.54, 1.807) is 12.1 Å². The molecule has 1 N–H and O–H groups in total. The lowest BCUT2D eigenvalue weighted by Gasteiger charge is -2.43. The van der Waals surface area contributed by atoms with Gasteiger partial charge in [-0.05, 0) is 48.8 Å². The summed E-state index contributed by atoms with van der Waals surface area (Å²) in [6.07, 6.45) is 1.07. The van der Waals surface area contributed by atoms with Crippen molar-refractivity contribution in [1.82, 2.24) is 9.47 Å². The van der Waals surface area contributed by atoms with Crippen LogP contribution in [0.3, 0.4) is 0 Å². The van der Waals surface area contributed by atoms with Gasteiger partial charge >= 0.3 is 0 Å². The molecule has 1 aromatic heterocycles. The normalized spacial score (nSPS) is 21.6. The van der Waals surface area contributed by atoms with Gasteiger partial charge in [-0.2, -0.15) is 0 Å². The smallest absolute Gasteiger partial charge is 0.250 e. The summed E-state index contributed by atoms with van der Waals surface area (Å²) in [5, 5.41) is 3.81. The molecule has 0 amide bonds. The number of rotatable bonds is 1. The van der Waals surface area contributed by atoms with E-state index in [4.69, 9.17) is 23.8 Å². The van der Waals surface area contributed by atoms with E-state index in [2.05, 4.69) is 10.2 Å². The number of halogens is 2. The summed E-state index contributed by atoms with van der Waals surface area (Å²) in [4.78, 5) is 14.2. The van der Waals surface area contributed by atoms with Crippen molar-refractivity contribution in [3.05, 3.63) is 63.3 Å². The number of nitrogens with one attached hydrogen (secondary N) is 1. The molecule has 0 unspecified atom stereocenters. The Labute approximate surface area is 155 Å². The van der Waals surface area contributed by atoms with Crippen LogP contribution in [0.2, 0.25) is 5.02 Å².